The molecule has 1 aliphatic rings. The zero-order valence-corrected chi connectivity index (χ0v) is 10.5. The summed E-state index contributed by atoms with van der Waals surface area (Å²) in [6.45, 7) is 2.04. The van der Waals surface area contributed by atoms with E-state index < -0.39 is 0 Å². The van der Waals surface area contributed by atoms with E-state index >= 15 is 0 Å². The molecule has 0 saturated heterocycles. The molecule has 18 heavy (non-hydrogen) atoms. The summed E-state index contributed by atoms with van der Waals surface area (Å²) in [5.41, 5.74) is 5.48. The first-order chi connectivity index (χ1) is 8.88. The van der Waals surface area contributed by atoms with E-state index in [0.29, 0.717) is 0 Å². The molecule has 2 aromatic rings. The van der Waals surface area contributed by atoms with E-state index in [1.165, 1.54) is 22.3 Å². The molecule has 1 aromatic heterocycles. The summed E-state index contributed by atoms with van der Waals surface area (Å²) >= 11 is 0. The Kier molecular flexibility index (Phi) is 2.99. The Morgan fingerprint density at radius 1 is 1.28 bits per heavy atom. The first-order valence-electron chi connectivity index (χ1n) is 6.34. The number of rotatable bonds is 2. The number of nitrogens with one attached hydrogen (secondary N) is 2. The molecule has 0 unspecified atom stereocenters. The van der Waals surface area contributed by atoms with Gasteiger partial charge in [0.1, 0.15) is 5.82 Å². The van der Waals surface area contributed by atoms with Gasteiger partial charge in [-0.2, -0.15) is 0 Å². The first kappa shape index (κ1) is 11.2. The Hall–Kier alpha value is -1.87. The van der Waals surface area contributed by atoms with Gasteiger partial charge in [0.25, 0.3) is 0 Å². The van der Waals surface area contributed by atoms with Crippen LogP contribution in [-0.2, 0) is 13.0 Å². The minimum absolute atomic E-state index is 0.916. The average molecular weight is 239 g/mol. The molecule has 3 nitrogen and oxygen atoms in total. The normalized spacial score (nSPS) is 14.1. The minimum Gasteiger partial charge on any atom is -0.373 e. The molecular weight excluding hydrogens is 222 g/mol. The predicted octanol–water partition coefficient (Wildman–Crippen LogP) is 2.44. The molecule has 92 valence electrons. The molecule has 2 N–H and O–H groups in total. The van der Waals surface area contributed by atoms with E-state index in [0.717, 1.165) is 25.3 Å². The van der Waals surface area contributed by atoms with Crippen LogP contribution >= 0.6 is 0 Å². The second-order valence-electron chi connectivity index (χ2n) is 4.55. The van der Waals surface area contributed by atoms with E-state index in [1.807, 2.05) is 13.2 Å². The summed E-state index contributed by atoms with van der Waals surface area (Å²) in [7, 11) is 1.90. The standard InChI is InChI=1S/C15H17N3/c1-16-15-9-11(5-8-18-15)13-4-2-3-12-10-17-7-6-14(12)13/h2-5,8-9,17H,6-7,10H2,1H3,(H,16,18). The first-order valence-corrected chi connectivity index (χ1v) is 6.34. The van der Waals surface area contributed by atoms with Gasteiger partial charge in [0.05, 0.1) is 0 Å². The van der Waals surface area contributed by atoms with Crippen LogP contribution in [0.4, 0.5) is 5.82 Å². The highest BCUT2D eigenvalue weighted by molar-refractivity contribution is 5.71. The maximum absolute atomic E-state index is 4.27. The lowest BCUT2D eigenvalue weighted by Crippen LogP contribution is -2.24. The summed E-state index contributed by atoms with van der Waals surface area (Å²) in [6, 6.07) is 10.8. The molecule has 1 aromatic carbocycles. The van der Waals surface area contributed by atoms with Crippen molar-refractivity contribution in [2.75, 3.05) is 18.9 Å². The highest BCUT2D eigenvalue weighted by atomic mass is 14.9. The number of aromatic nitrogens is 1. The van der Waals surface area contributed by atoms with Gasteiger partial charge in [-0.05, 0) is 47.4 Å². The van der Waals surface area contributed by atoms with Crippen LogP contribution in [0.25, 0.3) is 11.1 Å². The van der Waals surface area contributed by atoms with Crippen molar-refractivity contribution >= 4 is 5.82 Å². The van der Waals surface area contributed by atoms with Crippen LogP contribution in [0, 0.1) is 0 Å². The number of hydrogen-bond acceptors (Lipinski definition) is 3. The van der Waals surface area contributed by atoms with E-state index in [-0.39, 0.29) is 0 Å². The summed E-state index contributed by atoms with van der Waals surface area (Å²) in [6.07, 6.45) is 2.96. The summed E-state index contributed by atoms with van der Waals surface area (Å²) in [4.78, 5) is 4.27. The van der Waals surface area contributed by atoms with Gasteiger partial charge in [0, 0.05) is 19.8 Å². The highest BCUT2D eigenvalue weighted by Crippen LogP contribution is 2.29. The molecule has 2 heterocycles. The second-order valence-corrected chi connectivity index (χ2v) is 4.55. The average Bonchev–Trinajstić information content (AvgIpc) is 2.47. The molecule has 0 aliphatic carbocycles. The zero-order valence-electron chi connectivity index (χ0n) is 10.5. The predicted molar refractivity (Wildman–Crippen MR) is 74.6 cm³/mol. The van der Waals surface area contributed by atoms with Crippen LogP contribution in [0.15, 0.2) is 36.5 Å². The fourth-order valence-electron chi connectivity index (χ4n) is 2.54. The number of anilines is 1. The van der Waals surface area contributed by atoms with E-state index in [1.54, 1.807) is 0 Å². The number of fused-ring (bicyclic) bond motifs is 1. The maximum atomic E-state index is 4.27. The Balaban J connectivity index is 2.10. The fraction of sp³-hybridized carbons (Fsp3) is 0.267. The molecule has 1 aliphatic heterocycles. The zero-order chi connectivity index (χ0) is 12.4. The third kappa shape index (κ3) is 1.97. The van der Waals surface area contributed by atoms with Crippen LogP contribution in [-0.4, -0.2) is 18.6 Å². The van der Waals surface area contributed by atoms with Gasteiger partial charge < -0.3 is 10.6 Å². The molecule has 0 fully saturated rings. The quantitative estimate of drug-likeness (QED) is 0.845. The van der Waals surface area contributed by atoms with Gasteiger partial charge in [-0.25, -0.2) is 4.98 Å². The lowest BCUT2D eigenvalue weighted by atomic mass is 9.92. The van der Waals surface area contributed by atoms with Gasteiger partial charge >= 0.3 is 0 Å². The van der Waals surface area contributed by atoms with Crippen molar-refractivity contribution in [3.8, 4) is 11.1 Å². The number of nitrogens with zero attached hydrogens (tertiary/aromatic N) is 1. The molecule has 3 heteroatoms. The van der Waals surface area contributed by atoms with Gasteiger partial charge in [0.15, 0.2) is 0 Å². The third-order valence-electron chi connectivity index (χ3n) is 3.47. The van der Waals surface area contributed by atoms with Gasteiger partial charge in [-0.1, -0.05) is 18.2 Å². The van der Waals surface area contributed by atoms with Gasteiger partial charge in [0.2, 0.25) is 0 Å². The Morgan fingerprint density at radius 3 is 3.11 bits per heavy atom. The summed E-state index contributed by atoms with van der Waals surface area (Å²) in [5, 5.41) is 6.51. The van der Waals surface area contributed by atoms with Gasteiger partial charge in [-0.3, -0.25) is 0 Å². The number of benzene rings is 1. The van der Waals surface area contributed by atoms with E-state index in [4.69, 9.17) is 0 Å². The lowest BCUT2D eigenvalue weighted by molar-refractivity contribution is 0.645. The SMILES string of the molecule is CNc1cc(-c2cccc3c2CCNC3)ccn1. The van der Waals surface area contributed by atoms with Crippen LogP contribution < -0.4 is 10.6 Å². The largest absolute Gasteiger partial charge is 0.373 e. The molecule has 0 saturated carbocycles. The minimum atomic E-state index is 0.916. The molecule has 0 radical (unpaired) electrons. The number of hydrogen-bond donors (Lipinski definition) is 2. The van der Waals surface area contributed by atoms with E-state index in [9.17, 15) is 0 Å². The van der Waals surface area contributed by atoms with Crippen LogP contribution in [0.2, 0.25) is 0 Å². The molecule has 0 spiro atoms. The monoisotopic (exact) mass is 239 g/mol. The van der Waals surface area contributed by atoms with Crippen LogP contribution in [0.1, 0.15) is 11.1 Å². The van der Waals surface area contributed by atoms with E-state index in [2.05, 4.69) is 45.9 Å². The smallest absolute Gasteiger partial charge is 0.126 e. The van der Waals surface area contributed by atoms with Crippen molar-refractivity contribution < 1.29 is 0 Å². The molecule has 0 atom stereocenters. The third-order valence-corrected chi connectivity index (χ3v) is 3.47. The van der Waals surface area contributed by atoms with Crippen molar-refractivity contribution in [2.45, 2.75) is 13.0 Å². The molecule has 3 rings (SSSR count). The van der Waals surface area contributed by atoms with Crippen molar-refractivity contribution in [3.05, 3.63) is 47.7 Å². The second kappa shape index (κ2) is 4.78. The summed E-state index contributed by atoms with van der Waals surface area (Å²) < 4.78 is 0. The Morgan fingerprint density at radius 2 is 2.22 bits per heavy atom. The lowest BCUT2D eigenvalue weighted by Gasteiger charge is -2.20. The Bertz CT molecular complexity index is 563. The molecule has 0 bridgehead atoms. The van der Waals surface area contributed by atoms with Crippen LogP contribution in [0.3, 0.4) is 0 Å². The highest BCUT2D eigenvalue weighted by Gasteiger charge is 2.13. The number of pyridine rings is 1. The van der Waals surface area contributed by atoms with Crippen molar-refractivity contribution in [1.29, 1.82) is 0 Å². The maximum Gasteiger partial charge on any atom is 0.126 e. The van der Waals surface area contributed by atoms with Gasteiger partial charge in [-0.15, -0.1) is 0 Å². The molecule has 0 amide bonds. The Labute approximate surface area is 107 Å². The fourth-order valence-corrected chi connectivity index (χ4v) is 2.54. The van der Waals surface area contributed by atoms with Crippen molar-refractivity contribution in [3.63, 3.8) is 0 Å². The van der Waals surface area contributed by atoms with Crippen LogP contribution in [0.5, 0.6) is 0 Å². The summed E-state index contributed by atoms with van der Waals surface area (Å²) in [5.74, 6) is 0.916. The molecular formula is C15H17N3. The topological polar surface area (TPSA) is 37.0 Å². The van der Waals surface area contributed by atoms with Crippen molar-refractivity contribution in [2.24, 2.45) is 0 Å². The van der Waals surface area contributed by atoms with Crippen molar-refractivity contribution in [1.82, 2.24) is 10.3 Å².